The van der Waals surface area contributed by atoms with Crippen molar-refractivity contribution in [3.05, 3.63) is 58.8 Å². The van der Waals surface area contributed by atoms with Gasteiger partial charge in [0.1, 0.15) is 18.0 Å². The Bertz CT molecular complexity index is 1020. The topological polar surface area (TPSA) is 69.0 Å². The Morgan fingerprint density at radius 3 is 2.69 bits per heavy atom. The molecule has 3 aromatic rings. The minimum Gasteiger partial charge on any atom is -0.471 e. The molecule has 0 spiro atoms. The summed E-state index contributed by atoms with van der Waals surface area (Å²) in [6.07, 6.45) is -0.618. The Hall–Kier alpha value is -3.01. The lowest BCUT2D eigenvalue weighted by Crippen LogP contribution is -2.26. The third-order valence-corrected chi connectivity index (χ3v) is 4.86. The van der Waals surface area contributed by atoms with Crippen molar-refractivity contribution in [3.8, 4) is 11.6 Å². The molecule has 0 unspecified atom stereocenters. The molecule has 0 radical (unpaired) electrons. The molecular formula is C19H19F3N6O. The van der Waals surface area contributed by atoms with Crippen molar-refractivity contribution in [1.82, 2.24) is 29.9 Å². The molecule has 0 fully saturated rings. The van der Waals surface area contributed by atoms with Crippen LogP contribution in [0.25, 0.3) is 5.69 Å². The highest BCUT2D eigenvalue weighted by molar-refractivity contribution is 5.33. The molecule has 152 valence electrons. The van der Waals surface area contributed by atoms with Crippen molar-refractivity contribution in [2.45, 2.75) is 32.7 Å². The Balaban J connectivity index is 1.53. The van der Waals surface area contributed by atoms with Gasteiger partial charge in [-0.1, -0.05) is 5.21 Å². The molecular weight excluding hydrogens is 385 g/mol. The summed E-state index contributed by atoms with van der Waals surface area (Å²) in [5.41, 5.74) is 3.04. The van der Waals surface area contributed by atoms with Gasteiger partial charge in [-0.2, -0.15) is 13.2 Å². The third kappa shape index (κ3) is 4.07. The number of alkyl halides is 3. The predicted octanol–water partition coefficient (Wildman–Crippen LogP) is 2.95. The number of aromatic nitrogens is 5. The number of nitrogens with zero attached hydrogens (tertiary/aromatic N) is 6. The van der Waals surface area contributed by atoms with Gasteiger partial charge in [-0.3, -0.25) is 0 Å². The van der Waals surface area contributed by atoms with Crippen LogP contribution in [0.4, 0.5) is 13.2 Å². The van der Waals surface area contributed by atoms with Gasteiger partial charge in [0, 0.05) is 25.4 Å². The summed E-state index contributed by atoms with van der Waals surface area (Å²) in [4.78, 5) is 10.1. The van der Waals surface area contributed by atoms with E-state index in [9.17, 15) is 13.2 Å². The lowest BCUT2D eigenvalue weighted by Gasteiger charge is -2.24. The van der Waals surface area contributed by atoms with Crippen LogP contribution in [0.2, 0.25) is 0 Å². The van der Waals surface area contributed by atoms with Gasteiger partial charge in [0.2, 0.25) is 5.88 Å². The lowest BCUT2D eigenvalue weighted by atomic mass is 10.0. The van der Waals surface area contributed by atoms with E-state index in [0.717, 1.165) is 31.8 Å². The Morgan fingerprint density at radius 1 is 1.14 bits per heavy atom. The first-order valence-electron chi connectivity index (χ1n) is 9.05. The number of aryl methyl sites for hydroxylation is 1. The smallest absolute Gasteiger partial charge is 0.433 e. The Morgan fingerprint density at radius 2 is 1.97 bits per heavy atom. The van der Waals surface area contributed by atoms with E-state index >= 15 is 0 Å². The molecule has 1 aliphatic heterocycles. The second-order valence-corrected chi connectivity index (χ2v) is 7.00. The Labute approximate surface area is 165 Å². The van der Waals surface area contributed by atoms with Crippen LogP contribution in [0.5, 0.6) is 5.88 Å². The number of rotatable bonds is 4. The van der Waals surface area contributed by atoms with Crippen LogP contribution in [-0.2, 0) is 25.7 Å². The third-order valence-electron chi connectivity index (χ3n) is 4.86. The summed E-state index contributed by atoms with van der Waals surface area (Å²) >= 11 is 0. The van der Waals surface area contributed by atoms with Gasteiger partial charge in [-0.15, -0.1) is 5.10 Å². The largest absolute Gasteiger partial charge is 0.471 e. The van der Waals surface area contributed by atoms with E-state index in [1.54, 1.807) is 6.92 Å². The Kier molecular flexibility index (Phi) is 4.95. The summed E-state index contributed by atoms with van der Waals surface area (Å²) in [5, 5.41) is 8.02. The van der Waals surface area contributed by atoms with E-state index in [1.165, 1.54) is 21.9 Å². The molecule has 0 amide bonds. The molecule has 0 N–H and O–H groups in total. The SMILES string of the molecule is Cc1nnn(-c2ccc(C(F)(F)F)nc2)c1COc1cc2c(cn1)CN(C)CC2. The number of halogens is 3. The minimum absolute atomic E-state index is 0.131. The van der Waals surface area contributed by atoms with Crippen molar-refractivity contribution in [2.24, 2.45) is 0 Å². The zero-order valence-electron chi connectivity index (χ0n) is 15.9. The van der Waals surface area contributed by atoms with Gasteiger partial charge in [0.15, 0.2) is 0 Å². The van der Waals surface area contributed by atoms with E-state index < -0.39 is 11.9 Å². The predicted molar refractivity (Wildman–Crippen MR) is 97.5 cm³/mol. The number of ether oxygens (including phenoxy) is 1. The second kappa shape index (κ2) is 7.43. The monoisotopic (exact) mass is 404 g/mol. The number of hydrogen-bond acceptors (Lipinski definition) is 6. The van der Waals surface area contributed by atoms with Crippen LogP contribution < -0.4 is 4.74 Å². The summed E-state index contributed by atoms with van der Waals surface area (Å²) in [7, 11) is 2.07. The molecule has 0 saturated carbocycles. The number of hydrogen-bond donors (Lipinski definition) is 0. The first kappa shape index (κ1) is 19.3. The zero-order valence-corrected chi connectivity index (χ0v) is 15.9. The quantitative estimate of drug-likeness (QED) is 0.666. The van der Waals surface area contributed by atoms with Gasteiger partial charge < -0.3 is 9.64 Å². The van der Waals surface area contributed by atoms with Crippen molar-refractivity contribution in [2.75, 3.05) is 13.6 Å². The van der Waals surface area contributed by atoms with Crippen LogP contribution in [0.15, 0.2) is 30.6 Å². The maximum Gasteiger partial charge on any atom is 0.433 e. The van der Waals surface area contributed by atoms with Crippen LogP contribution in [0.1, 0.15) is 28.2 Å². The zero-order chi connectivity index (χ0) is 20.6. The molecule has 0 bridgehead atoms. The van der Waals surface area contributed by atoms with Crippen molar-refractivity contribution >= 4 is 0 Å². The summed E-state index contributed by atoms with van der Waals surface area (Å²) < 4.78 is 45.5. The molecule has 29 heavy (non-hydrogen) atoms. The van der Waals surface area contributed by atoms with Crippen LogP contribution >= 0.6 is 0 Å². The van der Waals surface area contributed by atoms with Crippen molar-refractivity contribution in [1.29, 1.82) is 0 Å². The van der Waals surface area contributed by atoms with Crippen molar-refractivity contribution < 1.29 is 17.9 Å². The average Bonchev–Trinajstić information content (AvgIpc) is 3.06. The van der Waals surface area contributed by atoms with Gasteiger partial charge in [0.05, 0.1) is 17.6 Å². The van der Waals surface area contributed by atoms with Gasteiger partial charge in [-0.25, -0.2) is 14.6 Å². The molecule has 1 aliphatic rings. The fourth-order valence-corrected chi connectivity index (χ4v) is 3.21. The fraction of sp³-hybridized carbons (Fsp3) is 0.368. The van der Waals surface area contributed by atoms with Crippen molar-refractivity contribution in [3.63, 3.8) is 0 Å². The maximum atomic E-state index is 12.7. The number of pyridine rings is 2. The summed E-state index contributed by atoms with van der Waals surface area (Å²) in [6.45, 7) is 3.73. The fourth-order valence-electron chi connectivity index (χ4n) is 3.21. The maximum absolute atomic E-state index is 12.7. The van der Waals surface area contributed by atoms with Crippen LogP contribution in [-0.4, -0.2) is 43.5 Å². The molecule has 0 aliphatic carbocycles. The molecule has 0 atom stereocenters. The van der Waals surface area contributed by atoms with E-state index in [0.29, 0.717) is 23.0 Å². The first-order valence-corrected chi connectivity index (χ1v) is 9.05. The molecule has 0 aromatic carbocycles. The number of fused-ring (bicyclic) bond motifs is 1. The molecule has 3 aromatic heterocycles. The molecule has 4 rings (SSSR count). The minimum atomic E-state index is -4.49. The average molecular weight is 404 g/mol. The van der Waals surface area contributed by atoms with Crippen LogP contribution in [0, 0.1) is 6.92 Å². The van der Waals surface area contributed by atoms with E-state index in [1.807, 2.05) is 12.3 Å². The highest BCUT2D eigenvalue weighted by atomic mass is 19.4. The van der Waals surface area contributed by atoms with E-state index in [-0.39, 0.29) is 6.61 Å². The normalized spacial score (nSPS) is 14.7. The molecule has 10 heteroatoms. The van der Waals surface area contributed by atoms with Gasteiger partial charge >= 0.3 is 6.18 Å². The summed E-state index contributed by atoms with van der Waals surface area (Å²) in [5.74, 6) is 0.492. The second-order valence-electron chi connectivity index (χ2n) is 7.00. The molecule has 7 nitrogen and oxygen atoms in total. The summed E-state index contributed by atoms with van der Waals surface area (Å²) in [6, 6.07) is 4.16. The lowest BCUT2D eigenvalue weighted by molar-refractivity contribution is -0.141. The van der Waals surface area contributed by atoms with E-state index in [2.05, 4.69) is 32.2 Å². The van der Waals surface area contributed by atoms with E-state index in [4.69, 9.17) is 4.74 Å². The molecule has 0 saturated heterocycles. The number of likely N-dealkylation sites (N-methyl/N-ethyl adjacent to an activating group) is 1. The molecule has 4 heterocycles. The highest BCUT2D eigenvalue weighted by Gasteiger charge is 2.32. The van der Waals surface area contributed by atoms with Gasteiger partial charge in [-0.05, 0) is 43.7 Å². The first-order chi connectivity index (χ1) is 13.8. The van der Waals surface area contributed by atoms with Gasteiger partial charge in [0.25, 0.3) is 0 Å². The van der Waals surface area contributed by atoms with Crippen LogP contribution in [0.3, 0.4) is 0 Å². The standard InChI is InChI=1S/C19H19F3N6O/c1-12-16(11-29-18-7-13-5-6-27(2)10-14(13)8-24-18)28(26-25-12)15-3-4-17(23-9-15)19(20,21)22/h3-4,7-9H,5-6,10-11H2,1-2H3. The highest BCUT2D eigenvalue weighted by Crippen LogP contribution is 2.28.